The summed E-state index contributed by atoms with van der Waals surface area (Å²) in [5.74, 6) is 0.305. The van der Waals surface area contributed by atoms with Crippen LogP contribution in [-0.4, -0.2) is 55.6 Å². The van der Waals surface area contributed by atoms with Gasteiger partial charge in [0.15, 0.2) is 0 Å². The summed E-state index contributed by atoms with van der Waals surface area (Å²) in [6.07, 6.45) is 7.37. The van der Waals surface area contributed by atoms with Gasteiger partial charge in [0.05, 0.1) is 11.1 Å². The van der Waals surface area contributed by atoms with Crippen molar-refractivity contribution in [3.8, 4) is 0 Å². The van der Waals surface area contributed by atoms with Crippen molar-refractivity contribution < 1.29 is 9.53 Å². The lowest BCUT2D eigenvalue weighted by Crippen LogP contribution is -2.47. The highest BCUT2D eigenvalue weighted by Crippen LogP contribution is 2.52. The average Bonchev–Trinajstić information content (AvgIpc) is 3.32. The van der Waals surface area contributed by atoms with Crippen molar-refractivity contribution in [1.82, 2.24) is 9.80 Å². The number of methoxy groups -OCH3 is 1. The number of rotatable bonds is 6. The molecule has 0 unspecified atom stereocenters. The van der Waals surface area contributed by atoms with E-state index >= 15 is 0 Å². The summed E-state index contributed by atoms with van der Waals surface area (Å²) < 4.78 is 5.47. The Morgan fingerprint density at radius 1 is 1.26 bits per heavy atom. The third-order valence-electron chi connectivity index (χ3n) is 7.26. The lowest BCUT2D eigenvalue weighted by atomic mass is 9.66. The second-order valence-corrected chi connectivity index (χ2v) is 10.4. The highest BCUT2D eigenvalue weighted by molar-refractivity contribution is 7.10. The molecule has 2 fully saturated rings. The van der Waals surface area contributed by atoms with E-state index in [2.05, 4.69) is 55.3 Å². The van der Waals surface area contributed by atoms with Crippen molar-refractivity contribution in [2.75, 3.05) is 34.3 Å². The Kier molecular flexibility index (Phi) is 6.05. The molecular formula is C22H36N2O2S. The van der Waals surface area contributed by atoms with Crippen molar-refractivity contribution >= 4 is 17.2 Å². The minimum atomic E-state index is -0.218. The number of carbonyl (C=O) groups is 1. The maximum absolute atomic E-state index is 12.7. The first-order valence-corrected chi connectivity index (χ1v) is 11.1. The summed E-state index contributed by atoms with van der Waals surface area (Å²) in [4.78, 5) is 18.8. The van der Waals surface area contributed by atoms with Crippen LogP contribution >= 0.6 is 11.3 Å². The molecule has 3 rings (SSSR count). The third-order valence-corrected chi connectivity index (χ3v) is 8.32. The van der Waals surface area contributed by atoms with Gasteiger partial charge in [0.25, 0.3) is 0 Å². The predicted octanol–water partition coefficient (Wildman–Crippen LogP) is 4.50. The van der Waals surface area contributed by atoms with E-state index in [1.54, 1.807) is 7.11 Å². The molecule has 152 valence electrons. The molecule has 1 saturated carbocycles. The molecule has 5 heteroatoms. The van der Waals surface area contributed by atoms with Crippen LogP contribution in [0.25, 0.3) is 0 Å². The fourth-order valence-electron chi connectivity index (χ4n) is 4.88. The number of thiophene rings is 1. The molecule has 0 bridgehead atoms. The van der Waals surface area contributed by atoms with Crippen molar-refractivity contribution in [2.24, 2.45) is 5.41 Å². The Morgan fingerprint density at radius 3 is 2.52 bits per heavy atom. The molecule has 1 spiro atoms. The van der Waals surface area contributed by atoms with Gasteiger partial charge in [-0.25, -0.2) is 0 Å². The van der Waals surface area contributed by atoms with E-state index in [9.17, 15) is 4.79 Å². The fraction of sp³-hybridized carbons (Fsp3) is 0.773. The summed E-state index contributed by atoms with van der Waals surface area (Å²) >= 11 is 1.89. The Balaban J connectivity index is 1.60. The zero-order valence-corrected chi connectivity index (χ0v) is 18.5. The third kappa shape index (κ3) is 4.25. The van der Waals surface area contributed by atoms with E-state index in [0.29, 0.717) is 17.7 Å². The first kappa shape index (κ1) is 20.8. The van der Waals surface area contributed by atoms with Crippen LogP contribution in [0.4, 0.5) is 0 Å². The quantitative estimate of drug-likeness (QED) is 0.714. The number of likely N-dealkylation sites (tertiary alicyclic amines) is 1. The number of ether oxygens (including phenoxy) is 1. The smallest absolute Gasteiger partial charge is 0.222 e. The fourth-order valence-corrected chi connectivity index (χ4v) is 5.94. The minimum absolute atomic E-state index is 0.180. The van der Waals surface area contributed by atoms with E-state index in [1.807, 2.05) is 11.3 Å². The van der Waals surface area contributed by atoms with Gasteiger partial charge in [-0.3, -0.25) is 9.69 Å². The molecule has 27 heavy (non-hydrogen) atoms. The van der Waals surface area contributed by atoms with Crippen molar-refractivity contribution in [1.29, 1.82) is 0 Å². The van der Waals surface area contributed by atoms with Crippen LogP contribution in [0.3, 0.4) is 0 Å². The van der Waals surface area contributed by atoms with E-state index in [4.69, 9.17) is 4.74 Å². The van der Waals surface area contributed by atoms with Crippen LogP contribution in [0.1, 0.15) is 63.7 Å². The molecule has 1 aromatic heterocycles. The number of nitrogens with zero attached hydrogens (tertiary/aromatic N) is 2. The van der Waals surface area contributed by atoms with E-state index in [1.165, 1.54) is 37.0 Å². The molecule has 1 saturated heterocycles. The molecule has 0 radical (unpaired) electrons. The summed E-state index contributed by atoms with van der Waals surface area (Å²) in [7, 11) is 6.17. The van der Waals surface area contributed by atoms with E-state index < -0.39 is 0 Å². The molecule has 1 aliphatic carbocycles. The molecular weight excluding hydrogens is 356 g/mol. The molecule has 0 aromatic carbocycles. The van der Waals surface area contributed by atoms with Gasteiger partial charge in [-0.05, 0) is 83.3 Å². The maximum atomic E-state index is 12.7. The molecule has 1 amide bonds. The summed E-state index contributed by atoms with van der Waals surface area (Å²) in [5.41, 5.74) is 0.298. The monoisotopic (exact) mass is 392 g/mol. The zero-order chi connectivity index (χ0) is 19.7. The predicted molar refractivity (Wildman–Crippen MR) is 112 cm³/mol. The van der Waals surface area contributed by atoms with Crippen molar-refractivity contribution in [3.63, 3.8) is 0 Å². The van der Waals surface area contributed by atoms with E-state index in [-0.39, 0.29) is 11.1 Å². The molecule has 0 N–H and O–H groups in total. The zero-order valence-electron chi connectivity index (χ0n) is 17.7. The van der Waals surface area contributed by atoms with Crippen molar-refractivity contribution in [3.05, 3.63) is 22.4 Å². The molecule has 2 heterocycles. The van der Waals surface area contributed by atoms with Gasteiger partial charge in [-0.15, -0.1) is 11.3 Å². The highest BCUT2D eigenvalue weighted by Gasteiger charge is 2.48. The lowest BCUT2D eigenvalue weighted by Gasteiger charge is -2.48. The second-order valence-electron chi connectivity index (χ2n) is 9.43. The summed E-state index contributed by atoms with van der Waals surface area (Å²) in [6, 6.07) is 4.47. The van der Waals surface area contributed by atoms with Gasteiger partial charge in [-0.1, -0.05) is 6.07 Å². The molecule has 1 aromatic rings. The number of amides is 1. The molecule has 2 aliphatic rings. The normalized spacial score (nSPS) is 29.0. The van der Waals surface area contributed by atoms with Gasteiger partial charge < -0.3 is 9.64 Å². The van der Waals surface area contributed by atoms with Crippen molar-refractivity contribution in [2.45, 2.75) is 69.9 Å². The highest BCUT2D eigenvalue weighted by atomic mass is 32.1. The van der Waals surface area contributed by atoms with Gasteiger partial charge in [0.1, 0.15) is 0 Å². The van der Waals surface area contributed by atoms with Crippen LogP contribution in [0.15, 0.2) is 17.5 Å². The number of carbonyl (C=O) groups excluding carboxylic acids is 1. The second kappa shape index (κ2) is 7.84. The van der Waals surface area contributed by atoms with Gasteiger partial charge in [0, 0.05) is 31.5 Å². The van der Waals surface area contributed by atoms with Gasteiger partial charge in [0.2, 0.25) is 5.91 Å². The summed E-state index contributed by atoms with van der Waals surface area (Å²) in [5, 5.41) is 2.20. The summed E-state index contributed by atoms with van der Waals surface area (Å²) in [6.45, 7) is 5.99. The Hall–Kier alpha value is -0.910. The van der Waals surface area contributed by atoms with Gasteiger partial charge >= 0.3 is 0 Å². The molecule has 4 nitrogen and oxygen atoms in total. The first-order valence-electron chi connectivity index (χ1n) is 10.3. The van der Waals surface area contributed by atoms with Crippen LogP contribution < -0.4 is 0 Å². The van der Waals surface area contributed by atoms with Crippen LogP contribution in [0.2, 0.25) is 0 Å². The number of hydrogen-bond acceptors (Lipinski definition) is 4. The Bertz CT molecular complexity index is 631. The van der Waals surface area contributed by atoms with E-state index in [0.717, 1.165) is 19.5 Å². The largest absolute Gasteiger partial charge is 0.379 e. The Morgan fingerprint density at radius 2 is 1.96 bits per heavy atom. The first-order chi connectivity index (χ1) is 12.7. The number of hydrogen-bond donors (Lipinski definition) is 0. The average molecular weight is 393 g/mol. The topological polar surface area (TPSA) is 32.8 Å². The maximum Gasteiger partial charge on any atom is 0.222 e. The van der Waals surface area contributed by atoms with Crippen LogP contribution in [0, 0.1) is 5.41 Å². The van der Waals surface area contributed by atoms with Crippen LogP contribution in [0.5, 0.6) is 0 Å². The molecule has 1 aliphatic heterocycles. The lowest BCUT2D eigenvalue weighted by molar-refractivity contribution is -0.132. The molecule has 0 atom stereocenters. The SMILES string of the molecule is COC(C)(C)CCC(=O)N1CCC2(CCC(c3cccs3)(N(C)C)CC2)C1. The van der Waals surface area contributed by atoms with Gasteiger partial charge in [-0.2, -0.15) is 0 Å². The Labute approximate surface area is 168 Å². The van der Waals surface area contributed by atoms with Crippen LogP contribution in [-0.2, 0) is 15.1 Å². The minimum Gasteiger partial charge on any atom is -0.379 e. The standard InChI is InChI=1S/C22H36N2O2S/c1-20(2,26-5)9-8-19(25)24-15-14-21(17-24)10-12-22(13-11-21,23(3)4)18-7-6-16-27-18/h6-7,16H,8-15,17H2,1-5H3.